The van der Waals surface area contributed by atoms with Crippen LogP contribution in [0.1, 0.15) is 45.1 Å². The lowest BCUT2D eigenvalue weighted by atomic mass is 10.0. The number of nitrogens with zero attached hydrogens (tertiary/aromatic N) is 3. The first kappa shape index (κ1) is 29.9. The van der Waals surface area contributed by atoms with E-state index in [0.29, 0.717) is 36.7 Å². The summed E-state index contributed by atoms with van der Waals surface area (Å²) < 4.78 is 34.6. The molecule has 6 rings (SSSR count). The first-order valence-electron chi connectivity index (χ1n) is 15.2. The van der Waals surface area contributed by atoms with Gasteiger partial charge in [0.1, 0.15) is 6.54 Å². The van der Waals surface area contributed by atoms with E-state index in [0.717, 1.165) is 36.7 Å². The molecule has 2 aliphatic rings. The molecule has 230 valence electrons. The van der Waals surface area contributed by atoms with E-state index in [4.69, 9.17) is 4.42 Å². The van der Waals surface area contributed by atoms with Gasteiger partial charge in [-0.3, -0.25) is 0 Å². The van der Waals surface area contributed by atoms with Gasteiger partial charge in [-0.25, -0.2) is 13.1 Å². The number of nitrogens with one attached hydrogen (secondary N) is 1. The summed E-state index contributed by atoms with van der Waals surface area (Å²) in [7, 11) is -3.58. The Hall–Kier alpha value is -4.15. The Kier molecular flexibility index (Phi) is 7.98. The van der Waals surface area contributed by atoms with Gasteiger partial charge in [0.25, 0.3) is 5.52 Å². The molecule has 2 atom stereocenters. The second kappa shape index (κ2) is 11.7. The molecule has 0 spiro atoms. The van der Waals surface area contributed by atoms with E-state index in [1.807, 2.05) is 25.1 Å². The normalized spacial score (nSPS) is 19.9. The number of carbonyl (C=O) groups is 1. The van der Waals surface area contributed by atoms with Crippen LogP contribution >= 0.6 is 0 Å². The van der Waals surface area contributed by atoms with E-state index < -0.39 is 28.1 Å². The maximum Gasteiger partial charge on any atom is 0.374 e. The number of benzene rings is 3. The molecule has 2 aliphatic heterocycles. The van der Waals surface area contributed by atoms with Crippen LogP contribution in [0.25, 0.3) is 27.9 Å². The first-order valence-corrected chi connectivity index (χ1v) is 17.1. The van der Waals surface area contributed by atoms with E-state index in [1.165, 1.54) is 27.7 Å². The van der Waals surface area contributed by atoms with Gasteiger partial charge in [-0.1, -0.05) is 43.3 Å². The number of fused-ring (bicyclic) bond motifs is 4. The molecule has 44 heavy (non-hydrogen) atoms. The zero-order chi connectivity index (χ0) is 31.2. The second-order valence-corrected chi connectivity index (χ2v) is 13.3. The monoisotopic (exact) mass is 614 g/mol. The number of allylic oxidation sites excluding steroid dienone is 3. The van der Waals surface area contributed by atoms with Crippen LogP contribution in [0.2, 0.25) is 0 Å². The highest BCUT2D eigenvalue weighted by molar-refractivity contribution is 7.88. The van der Waals surface area contributed by atoms with Crippen LogP contribution in [0.15, 0.2) is 76.4 Å². The quantitative estimate of drug-likeness (QED) is 0.285. The van der Waals surface area contributed by atoms with Crippen molar-refractivity contribution in [3.63, 3.8) is 0 Å². The summed E-state index contributed by atoms with van der Waals surface area (Å²) in [6.45, 7) is 8.28. The molecule has 0 aliphatic carbocycles. The van der Waals surface area contributed by atoms with Crippen molar-refractivity contribution in [1.29, 1.82) is 0 Å². The lowest BCUT2D eigenvalue weighted by Gasteiger charge is -2.30. The summed E-state index contributed by atoms with van der Waals surface area (Å²) in [5, 5.41) is 14.6. The average Bonchev–Trinajstić information content (AvgIpc) is 3.67. The van der Waals surface area contributed by atoms with Crippen LogP contribution < -0.4 is 24.2 Å². The molecule has 0 bridgehead atoms. The zero-order valence-electron chi connectivity index (χ0n) is 25.5. The predicted octanol–water partition coefficient (Wildman–Crippen LogP) is 3.90. The number of carbonyl (C=O) groups excluding carboxylic acids is 1. The number of aliphatic carboxylic acids is 1. The molecular formula is C34H38N4O5S. The number of carboxylic acid groups (broad SMARTS) is 1. The van der Waals surface area contributed by atoms with Crippen molar-refractivity contribution < 1.29 is 27.3 Å². The third-order valence-corrected chi connectivity index (χ3v) is 9.46. The van der Waals surface area contributed by atoms with Crippen molar-refractivity contribution in [2.45, 2.75) is 58.7 Å². The number of rotatable bonds is 9. The molecule has 2 unspecified atom stereocenters. The van der Waals surface area contributed by atoms with Crippen LogP contribution in [0.5, 0.6) is 0 Å². The Bertz CT molecular complexity index is 1930. The number of aromatic nitrogens is 1. The van der Waals surface area contributed by atoms with Gasteiger partial charge in [0, 0.05) is 48.4 Å². The van der Waals surface area contributed by atoms with E-state index in [1.54, 1.807) is 4.90 Å². The van der Waals surface area contributed by atoms with Crippen LogP contribution in [0, 0.1) is 0 Å². The summed E-state index contributed by atoms with van der Waals surface area (Å²) in [5.41, 5.74) is 7.23. The molecule has 1 N–H and O–H groups in total. The number of anilines is 2. The zero-order valence-corrected chi connectivity index (χ0v) is 26.4. The van der Waals surface area contributed by atoms with Crippen LogP contribution in [0.3, 0.4) is 0 Å². The molecular weight excluding hydrogens is 576 g/mol. The Morgan fingerprint density at radius 1 is 1.14 bits per heavy atom. The summed E-state index contributed by atoms with van der Waals surface area (Å²) >= 11 is 0. The first-order chi connectivity index (χ1) is 21.1. The fourth-order valence-electron chi connectivity index (χ4n) is 6.78. The lowest BCUT2D eigenvalue weighted by Crippen LogP contribution is -2.54. The summed E-state index contributed by atoms with van der Waals surface area (Å²) in [5.74, 6) is -0.599. The number of hydrogen-bond acceptors (Lipinski definition) is 7. The SMILES string of the molecule is CCC(=C\c1oc2ccc(N3CCC(NS(C)(=O)=O)C3C(=O)[O-])cc2[n+]1CC)/C=C1\Cc2ccc3ccccc3c2N1CC. The van der Waals surface area contributed by atoms with E-state index in [2.05, 4.69) is 76.6 Å². The summed E-state index contributed by atoms with van der Waals surface area (Å²) in [6.07, 6.45) is 7.46. The van der Waals surface area contributed by atoms with E-state index >= 15 is 0 Å². The Labute approximate surface area is 258 Å². The molecule has 1 fully saturated rings. The highest BCUT2D eigenvalue weighted by Crippen LogP contribution is 2.40. The Balaban J connectivity index is 1.34. The minimum absolute atomic E-state index is 0.361. The molecule has 0 saturated carbocycles. The average molecular weight is 615 g/mol. The van der Waals surface area contributed by atoms with Crippen LogP contribution in [0.4, 0.5) is 11.4 Å². The van der Waals surface area contributed by atoms with Gasteiger partial charge >= 0.3 is 5.89 Å². The second-order valence-electron chi connectivity index (χ2n) is 11.5. The summed E-state index contributed by atoms with van der Waals surface area (Å²) in [4.78, 5) is 16.2. The molecule has 3 aromatic carbocycles. The van der Waals surface area contributed by atoms with Gasteiger partial charge in [-0.15, -0.1) is 0 Å². The van der Waals surface area contributed by atoms with Crippen molar-refractivity contribution in [3.05, 3.63) is 83.4 Å². The number of likely N-dealkylation sites (N-methyl/N-ethyl adjacent to an activating group) is 1. The number of carboxylic acids is 1. The molecule has 0 amide bonds. The summed E-state index contributed by atoms with van der Waals surface area (Å²) in [6, 6.07) is 16.7. The maximum absolute atomic E-state index is 12.1. The smallest absolute Gasteiger partial charge is 0.374 e. The van der Waals surface area contributed by atoms with Gasteiger partial charge < -0.3 is 24.1 Å². The molecule has 10 heteroatoms. The third kappa shape index (κ3) is 5.48. The Morgan fingerprint density at radius 2 is 1.93 bits per heavy atom. The van der Waals surface area contributed by atoms with Crippen molar-refractivity contribution in [3.8, 4) is 0 Å². The van der Waals surface area contributed by atoms with Crippen molar-refractivity contribution >= 4 is 55.3 Å². The van der Waals surface area contributed by atoms with Crippen LogP contribution in [-0.2, 0) is 27.8 Å². The van der Waals surface area contributed by atoms with Crippen LogP contribution in [-0.4, -0.2) is 45.8 Å². The van der Waals surface area contributed by atoms with Gasteiger partial charge in [-0.05, 0) is 61.4 Å². The van der Waals surface area contributed by atoms with Gasteiger partial charge in [0.05, 0.1) is 30.0 Å². The van der Waals surface area contributed by atoms with Gasteiger partial charge in [0.15, 0.2) is 0 Å². The third-order valence-electron chi connectivity index (χ3n) is 8.72. The predicted molar refractivity (Wildman–Crippen MR) is 172 cm³/mol. The van der Waals surface area contributed by atoms with E-state index in [-0.39, 0.29) is 0 Å². The van der Waals surface area contributed by atoms with Gasteiger partial charge in [-0.2, -0.15) is 4.57 Å². The number of hydrogen-bond donors (Lipinski definition) is 1. The number of aryl methyl sites for hydroxylation is 1. The standard InChI is InChI=1S/C34H38N4O5S/c1-5-22(18-26-20-24-13-12-23-10-8-9-11-27(23)32(24)36(26)6-2)19-31-37(7-3)29-21-25(14-15-30(29)43-31)38-17-16-28(33(38)34(39)40)35-44(4,41)42/h8-15,18-19,21,28,33,35H,5-7,16-17,20H2,1-4H3. The Morgan fingerprint density at radius 3 is 2.64 bits per heavy atom. The minimum Gasteiger partial charge on any atom is -0.548 e. The minimum atomic E-state index is -3.58. The van der Waals surface area contributed by atoms with Crippen molar-refractivity contribution in [2.75, 3.05) is 29.1 Å². The van der Waals surface area contributed by atoms with E-state index in [9.17, 15) is 18.3 Å². The highest BCUT2D eigenvalue weighted by atomic mass is 32.2. The molecule has 9 nitrogen and oxygen atoms in total. The molecule has 1 saturated heterocycles. The molecule has 4 aromatic rings. The van der Waals surface area contributed by atoms with Crippen molar-refractivity contribution in [1.82, 2.24) is 4.72 Å². The molecule has 0 radical (unpaired) electrons. The fourth-order valence-corrected chi connectivity index (χ4v) is 7.57. The molecule has 1 aromatic heterocycles. The number of oxazole rings is 1. The largest absolute Gasteiger partial charge is 0.548 e. The fraction of sp³-hybridized carbons (Fsp3) is 0.353. The van der Waals surface area contributed by atoms with Gasteiger partial charge in [0.2, 0.25) is 15.6 Å². The maximum atomic E-state index is 12.1. The highest BCUT2D eigenvalue weighted by Gasteiger charge is 2.37. The molecule has 3 heterocycles. The topological polar surface area (TPSA) is 110 Å². The lowest BCUT2D eigenvalue weighted by molar-refractivity contribution is -0.674. The number of sulfonamides is 1. The van der Waals surface area contributed by atoms with Crippen molar-refractivity contribution in [2.24, 2.45) is 0 Å².